The molecule has 0 radical (unpaired) electrons. The average molecular weight is 398 g/mol. The molecule has 3 heterocycles. The lowest BCUT2D eigenvalue weighted by Gasteiger charge is -2.34. The first-order valence-electron chi connectivity index (χ1n) is 9.70. The Balaban J connectivity index is 1.82. The highest BCUT2D eigenvalue weighted by Gasteiger charge is 2.33. The SMILES string of the molecule is COCOB(C)N1c2ccccc2N=C(N2CCN(C)CC2)c2cc(C)sc21. The molecule has 4 rings (SSSR count). The summed E-state index contributed by atoms with van der Waals surface area (Å²) in [6, 6.07) is 10.6. The van der Waals surface area contributed by atoms with Crippen LogP contribution in [0.4, 0.5) is 16.4 Å². The van der Waals surface area contributed by atoms with Crippen LogP contribution in [0.15, 0.2) is 35.3 Å². The molecule has 0 aliphatic carbocycles. The largest absolute Gasteiger partial charge is 0.419 e. The number of para-hydroxylation sites is 2. The van der Waals surface area contributed by atoms with Gasteiger partial charge in [0.05, 0.1) is 21.9 Å². The van der Waals surface area contributed by atoms with Crippen LogP contribution in [-0.4, -0.2) is 69.8 Å². The average Bonchev–Trinajstić information content (AvgIpc) is 3.01. The number of amidine groups is 1. The maximum Gasteiger partial charge on any atom is 0.419 e. The zero-order valence-electron chi connectivity index (χ0n) is 17.0. The number of nitrogens with zero attached hydrogens (tertiary/aromatic N) is 4. The van der Waals surface area contributed by atoms with E-state index in [4.69, 9.17) is 14.4 Å². The van der Waals surface area contributed by atoms with E-state index in [1.54, 1.807) is 18.4 Å². The van der Waals surface area contributed by atoms with Crippen LogP contribution in [0.1, 0.15) is 10.4 Å². The second-order valence-electron chi connectivity index (χ2n) is 7.33. The fourth-order valence-corrected chi connectivity index (χ4v) is 4.84. The van der Waals surface area contributed by atoms with Crippen LogP contribution in [0.25, 0.3) is 0 Å². The Morgan fingerprint density at radius 1 is 1.18 bits per heavy atom. The summed E-state index contributed by atoms with van der Waals surface area (Å²) in [6.07, 6.45) is 0. The van der Waals surface area contributed by atoms with Crippen LogP contribution in [0.5, 0.6) is 0 Å². The number of thiophene rings is 1. The van der Waals surface area contributed by atoms with Crippen molar-refractivity contribution in [3.8, 4) is 0 Å². The molecule has 2 aliphatic rings. The molecule has 0 saturated carbocycles. The molecule has 1 aromatic heterocycles. The minimum absolute atomic E-state index is 0.167. The van der Waals surface area contributed by atoms with Crippen molar-refractivity contribution in [1.82, 2.24) is 9.80 Å². The van der Waals surface area contributed by atoms with Gasteiger partial charge in [-0.05, 0) is 39.0 Å². The van der Waals surface area contributed by atoms with Crippen molar-refractivity contribution >= 4 is 40.6 Å². The first-order valence-corrected chi connectivity index (χ1v) is 10.5. The number of likely N-dealkylation sites (N-methyl/N-ethyl adjacent to an activating group) is 1. The smallest absolute Gasteiger partial charge is 0.393 e. The first-order chi connectivity index (χ1) is 13.6. The Morgan fingerprint density at radius 2 is 1.93 bits per heavy atom. The van der Waals surface area contributed by atoms with Gasteiger partial charge in [-0.25, -0.2) is 4.99 Å². The van der Waals surface area contributed by atoms with E-state index in [1.807, 2.05) is 6.07 Å². The first kappa shape index (κ1) is 19.5. The maximum absolute atomic E-state index is 5.94. The number of rotatable bonds is 4. The van der Waals surface area contributed by atoms with E-state index in [0.29, 0.717) is 0 Å². The molecule has 8 heteroatoms. The molecule has 148 valence electrons. The number of aryl methyl sites for hydroxylation is 1. The summed E-state index contributed by atoms with van der Waals surface area (Å²) in [5.74, 6) is 1.07. The van der Waals surface area contributed by atoms with Crippen molar-refractivity contribution < 1.29 is 9.39 Å². The summed E-state index contributed by atoms with van der Waals surface area (Å²) in [6.45, 7) is 8.56. The van der Waals surface area contributed by atoms with Crippen molar-refractivity contribution in [3.05, 3.63) is 40.8 Å². The number of benzene rings is 1. The number of hydrogen-bond donors (Lipinski definition) is 0. The predicted octanol–water partition coefficient (Wildman–Crippen LogP) is 3.57. The molecular formula is C20H27BN4O2S. The fourth-order valence-electron chi connectivity index (χ4n) is 3.75. The molecule has 6 nitrogen and oxygen atoms in total. The normalized spacial score (nSPS) is 17.1. The van der Waals surface area contributed by atoms with E-state index in [0.717, 1.165) is 43.4 Å². The monoisotopic (exact) mass is 398 g/mol. The van der Waals surface area contributed by atoms with Gasteiger partial charge in [0.25, 0.3) is 0 Å². The Hall–Kier alpha value is -1.87. The van der Waals surface area contributed by atoms with Crippen LogP contribution < -0.4 is 4.81 Å². The molecule has 2 aromatic rings. The van der Waals surface area contributed by atoms with Crippen molar-refractivity contribution in [2.24, 2.45) is 4.99 Å². The summed E-state index contributed by atoms with van der Waals surface area (Å²) in [5.41, 5.74) is 3.24. The van der Waals surface area contributed by atoms with Crippen molar-refractivity contribution in [3.63, 3.8) is 0 Å². The predicted molar refractivity (Wildman–Crippen MR) is 117 cm³/mol. The van der Waals surface area contributed by atoms with Crippen molar-refractivity contribution in [1.29, 1.82) is 0 Å². The number of ether oxygens (including phenoxy) is 1. The molecule has 0 unspecified atom stereocenters. The molecule has 2 aliphatic heterocycles. The van der Waals surface area contributed by atoms with Crippen LogP contribution in [0.3, 0.4) is 0 Å². The summed E-state index contributed by atoms with van der Waals surface area (Å²) in [4.78, 5) is 13.5. The van der Waals surface area contributed by atoms with Crippen LogP contribution in [0, 0.1) is 6.92 Å². The zero-order chi connectivity index (χ0) is 19.7. The molecule has 0 spiro atoms. The molecule has 1 aromatic carbocycles. The number of fused-ring (bicyclic) bond motifs is 2. The van der Waals surface area contributed by atoms with Gasteiger partial charge in [0.2, 0.25) is 0 Å². The van der Waals surface area contributed by atoms with Crippen molar-refractivity contribution in [2.75, 3.05) is 51.9 Å². The van der Waals surface area contributed by atoms with Gasteiger partial charge in [0.15, 0.2) is 0 Å². The van der Waals surface area contributed by atoms with E-state index in [-0.39, 0.29) is 13.8 Å². The van der Waals surface area contributed by atoms with Gasteiger partial charge in [-0.3, -0.25) is 0 Å². The second-order valence-corrected chi connectivity index (χ2v) is 8.57. The molecule has 28 heavy (non-hydrogen) atoms. The quantitative estimate of drug-likeness (QED) is 0.582. The Labute approximate surface area is 171 Å². The standard InChI is InChI=1S/C20H27BN4O2S/c1-15-13-16-19(24-11-9-23(3)10-12-24)22-17-7-5-6-8-18(17)25(20(16)28-15)21(2)27-14-26-4/h5-8,13H,9-12,14H2,1-4H3. The van der Waals surface area contributed by atoms with Gasteiger partial charge in [-0.15, -0.1) is 11.3 Å². The van der Waals surface area contributed by atoms with E-state index in [9.17, 15) is 0 Å². The number of aliphatic imine (C=N–C) groups is 1. The summed E-state index contributed by atoms with van der Waals surface area (Å²) in [7, 11) is 3.66. The maximum atomic E-state index is 5.94. The van der Waals surface area contributed by atoms with Gasteiger partial charge >= 0.3 is 7.05 Å². The summed E-state index contributed by atoms with van der Waals surface area (Å²) < 4.78 is 11.1. The summed E-state index contributed by atoms with van der Waals surface area (Å²) in [5, 5.41) is 1.18. The van der Waals surface area contributed by atoms with Crippen molar-refractivity contribution in [2.45, 2.75) is 13.7 Å². The van der Waals surface area contributed by atoms with Crippen LogP contribution in [0.2, 0.25) is 6.82 Å². The molecule has 1 saturated heterocycles. The highest BCUT2D eigenvalue weighted by molar-refractivity contribution is 7.17. The fraction of sp³-hybridized carbons (Fsp3) is 0.450. The van der Waals surface area contributed by atoms with E-state index < -0.39 is 0 Å². The van der Waals surface area contributed by atoms with Crippen LogP contribution >= 0.6 is 11.3 Å². The van der Waals surface area contributed by atoms with Gasteiger partial charge in [-0.2, -0.15) is 0 Å². The van der Waals surface area contributed by atoms with Crippen LogP contribution in [-0.2, 0) is 9.39 Å². The summed E-state index contributed by atoms with van der Waals surface area (Å²) >= 11 is 1.79. The zero-order valence-corrected chi connectivity index (χ0v) is 17.8. The lowest BCUT2D eigenvalue weighted by atomic mass is 9.83. The highest BCUT2D eigenvalue weighted by Crippen LogP contribution is 2.44. The van der Waals surface area contributed by atoms with E-state index in [2.05, 4.69) is 59.7 Å². The number of hydrogen-bond acceptors (Lipinski definition) is 7. The molecule has 0 N–H and O–H groups in total. The van der Waals surface area contributed by atoms with Gasteiger partial charge in [0.1, 0.15) is 12.6 Å². The molecule has 0 atom stereocenters. The number of methoxy groups -OCH3 is 1. The molecule has 0 bridgehead atoms. The van der Waals surface area contributed by atoms with E-state index in [1.165, 1.54) is 15.4 Å². The topological polar surface area (TPSA) is 40.5 Å². The van der Waals surface area contributed by atoms with E-state index >= 15 is 0 Å². The molecule has 1 fully saturated rings. The van der Waals surface area contributed by atoms with Gasteiger partial charge in [0, 0.05) is 38.2 Å². The Bertz CT molecular complexity index is 864. The Morgan fingerprint density at radius 3 is 2.68 bits per heavy atom. The lowest BCUT2D eigenvalue weighted by Crippen LogP contribution is -2.47. The highest BCUT2D eigenvalue weighted by atomic mass is 32.1. The van der Waals surface area contributed by atoms with Gasteiger partial charge in [-0.1, -0.05) is 12.1 Å². The van der Waals surface area contributed by atoms with Gasteiger partial charge < -0.3 is 24.0 Å². The number of piperazine rings is 1. The second kappa shape index (κ2) is 8.25. The third-order valence-corrected chi connectivity index (χ3v) is 6.31. The minimum atomic E-state index is -0.167. The third kappa shape index (κ3) is 3.69. The molecular weight excluding hydrogens is 371 g/mol. The third-order valence-electron chi connectivity index (χ3n) is 5.26. The Kier molecular flexibility index (Phi) is 5.73. The molecule has 0 amide bonds. The number of anilines is 2. The lowest BCUT2D eigenvalue weighted by molar-refractivity contribution is 0.0496. The minimum Gasteiger partial charge on any atom is -0.393 e.